The molecule has 0 aromatic carbocycles. The Labute approximate surface area is 64.6 Å². The van der Waals surface area contributed by atoms with Crippen molar-refractivity contribution >= 4 is 0 Å². The van der Waals surface area contributed by atoms with E-state index in [1.54, 1.807) is 0 Å². The minimum Gasteiger partial charge on any atom is -0.103 e. The van der Waals surface area contributed by atoms with Crippen molar-refractivity contribution in [3.8, 4) is 0 Å². The first-order valence-electron chi connectivity index (χ1n) is 3.60. The Bertz CT molecular complexity index is 138. The van der Waals surface area contributed by atoms with Gasteiger partial charge < -0.3 is 0 Å². The van der Waals surface area contributed by atoms with E-state index in [1.165, 1.54) is 5.57 Å². The predicted molar refractivity (Wildman–Crippen MR) is 47.7 cm³/mol. The van der Waals surface area contributed by atoms with Gasteiger partial charge in [-0.3, -0.25) is 0 Å². The molecule has 0 nitrogen and oxygen atoms in total. The standard InChI is InChI=1S/C10H17/c1-6-9(3)8-10(4,5)7-2/h6-7H,1-2,8H2,3-5H3/b9-6+. The Kier molecular flexibility index (Phi) is 3.41. The summed E-state index contributed by atoms with van der Waals surface area (Å²) in [5.41, 5.74) is 1.54. The van der Waals surface area contributed by atoms with Crippen LogP contribution in [0.1, 0.15) is 27.2 Å². The molecule has 0 bridgehead atoms. The summed E-state index contributed by atoms with van der Waals surface area (Å²) in [5, 5.41) is 0. The Morgan fingerprint density at radius 2 is 2.00 bits per heavy atom. The van der Waals surface area contributed by atoms with Crippen LogP contribution in [0.25, 0.3) is 0 Å². The van der Waals surface area contributed by atoms with E-state index in [-0.39, 0.29) is 5.41 Å². The first kappa shape index (κ1) is 9.48. The van der Waals surface area contributed by atoms with E-state index in [0.717, 1.165) is 6.42 Å². The summed E-state index contributed by atoms with van der Waals surface area (Å²) in [5.74, 6) is 0. The van der Waals surface area contributed by atoms with Crippen LogP contribution in [0.2, 0.25) is 0 Å². The molecule has 0 heterocycles. The van der Waals surface area contributed by atoms with Crippen molar-refractivity contribution in [2.75, 3.05) is 0 Å². The average Bonchev–Trinajstić information content (AvgIpc) is 1.87. The lowest BCUT2D eigenvalue weighted by Gasteiger charge is -2.19. The number of rotatable bonds is 3. The third kappa shape index (κ3) is 3.49. The van der Waals surface area contributed by atoms with E-state index >= 15 is 0 Å². The summed E-state index contributed by atoms with van der Waals surface area (Å²) in [6.45, 7) is 13.9. The zero-order valence-corrected chi connectivity index (χ0v) is 7.28. The van der Waals surface area contributed by atoms with Gasteiger partial charge in [0.15, 0.2) is 0 Å². The van der Waals surface area contributed by atoms with Crippen molar-refractivity contribution in [3.63, 3.8) is 0 Å². The molecule has 0 aromatic heterocycles. The van der Waals surface area contributed by atoms with E-state index in [0.29, 0.717) is 0 Å². The molecule has 0 saturated carbocycles. The van der Waals surface area contributed by atoms with Gasteiger partial charge in [0.2, 0.25) is 0 Å². The molecule has 0 saturated heterocycles. The summed E-state index contributed by atoms with van der Waals surface area (Å²) < 4.78 is 0. The summed E-state index contributed by atoms with van der Waals surface area (Å²) in [6, 6.07) is 0. The lowest BCUT2D eigenvalue weighted by Crippen LogP contribution is -2.06. The van der Waals surface area contributed by atoms with Crippen LogP contribution in [0.4, 0.5) is 0 Å². The fourth-order valence-electron chi connectivity index (χ4n) is 0.863. The van der Waals surface area contributed by atoms with E-state index in [9.17, 15) is 0 Å². The Balaban J connectivity index is 4.01. The molecule has 57 valence electrons. The number of hydrogen-bond donors (Lipinski definition) is 0. The minimum atomic E-state index is 0.221. The first-order valence-corrected chi connectivity index (χ1v) is 3.60. The number of hydrogen-bond acceptors (Lipinski definition) is 0. The van der Waals surface area contributed by atoms with Crippen molar-refractivity contribution in [2.24, 2.45) is 5.41 Å². The van der Waals surface area contributed by atoms with Gasteiger partial charge in [0.05, 0.1) is 0 Å². The van der Waals surface area contributed by atoms with E-state index in [4.69, 9.17) is 0 Å². The van der Waals surface area contributed by atoms with Crippen molar-refractivity contribution in [3.05, 3.63) is 31.2 Å². The molecule has 0 spiro atoms. The molecule has 0 aliphatic carbocycles. The van der Waals surface area contributed by atoms with Crippen LogP contribution in [0.3, 0.4) is 0 Å². The summed E-state index contributed by atoms with van der Waals surface area (Å²) >= 11 is 0. The second kappa shape index (κ2) is 3.60. The zero-order chi connectivity index (χ0) is 8.20. The average molecular weight is 137 g/mol. The van der Waals surface area contributed by atoms with E-state index < -0.39 is 0 Å². The fraction of sp³-hybridized carbons (Fsp3) is 0.500. The van der Waals surface area contributed by atoms with Crippen LogP contribution in [-0.2, 0) is 0 Å². The quantitative estimate of drug-likeness (QED) is 0.523. The molecule has 0 aliphatic heterocycles. The SMILES string of the molecule is [CH2]/C=C(\C)CC(C)(C)C=C. The Morgan fingerprint density at radius 3 is 2.30 bits per heavy atom. The summed E-state index contributed by atoms with van der Waals surface area (Å²) in [4.78, 5) is 0. The van der Waals surface area contributed by atoms with Crippen molar-refractivity contribution < 1.29 is 0 Å². The molecule has 0 unspecified atom stereocenters. The van der Waals surface area contributed by atoms with Gasteiger partial charge in [-0.1, -0.05) is 31.6 Å². The number of allylic oxidation sites excluding steroid dienone is 3. The van der Waals surface area contributed by atoms with Gasteiger partial charge in [0.25, 0.3) is 0 Å². The molecular formula is C10H17. The molecule has 0 fully saturated rings. The lowest BCUT2D eigenvalue weighted by molar-refractivity contribution is 0.477. The normalized spacial score (nSPS) is 13.4. The highest BCUT2D eigenvalue weighted by atomic mass is 14.2. The molecule has 0 N–H and O–H groups in total. The largest absolute Gasteiger partial charge is 0.103 e. The van der Waals surface area contributed by atoms with E-state index in [2.05, 4.69) is 34.3 Å². The Hall–Kier alpha value is -0.520. The molecule has 0 rings (SSSR count). The van der Waals surface area contributed by atoms with Crippen LogP contribution in [0, 0.1) is 12.3 Å². The summed E-state index contributed by atoms with van der Waals surface area (Å²) in [6.07, 6.45) is 4.95. The molecular weight excluding hydrogens is 120 g/mol. The molecule has 0 aromatic rings. The topological polar surface area (TPSA) is 0 Å². The molecule has 0 amide bonds. The van der Waals surface area contributed by atoms with Gasteiger partial charge in [-0.15, -0.1) is 6.58 Å². The third-order valence-corrected chi connectivity index (χ3v) is 1.64. The van der Waals surface area contributed by atoms with Gasteiger partial charge in [0, 0.05) is 0 Å². The van der Waals surface area contributed by atoms with E-state index in [1.807, 2.05) is 12.2 Å². The van der Waals surface area contributed by atoms with Crippen LogP contribution >= 0.6 is 0 Å². The smallest absolute Gasteiger partial charge is 0.0140 e. The molecule has 1 radical (unpaired) electrons. The van der Waals surface area contributed by atoms with Gasteiger partial charge in [-0.2, -0.15) is 0 Å². The molecule has 0 atom stereocenters. The van der Waals surface area contributed by atoms with Crippen LogP contribution in [0.5, 0.6) is 0 Å². The maximum Gasteiger partial charge on any atom is -0.0140 e. The second-order valence-corrected chi connectivity index (χ2v) is 3.42. The summed E-state index contributed by atoms with van der Waals surface area (Å²) in [7, 11) is 0. The van der Waals surface area contributed by atoms with Gasteiger partial charge in [0.1, 0.15) is 0 Å². The van der Waals surface area contributed by atoms with Gasteiger partial charge in [-0.25, -0.2) is 0 Å². The molecule has 10 heavy (non-hydrogen) atoms. The maximum absolute atomic E-state index is 3.77. The second-order valence-electron chi connectivity index (χ2n) is 3.42. The third-order valence-electron chi connectivity index (χ3n) is 1.64. The van der Waals surface area contributed by atoms with Crippen LogP contribution < -0.4 is 0 Å². The van der Waals surface area contributed by atoms with Crippen molar-refractivity contribution in [1.29, 1.82) is 0 Å². The predicted octanol–water partition coefficient (Wildman–Crippen LogP) is 3.37. The minimum absolute atomic E-state index is 0.221. The molecule has 0 aliphatic rings. The highest BCUT2D eigenvalue weighted by molar-refractivity contribution is 5.06. The zero-order valence-electron chi connectivity index (χ0n) is 7.28. The fourth-order valence-corrected chi connectivity index (χ4v) is 0.863. The first-order chi connectivity index (χ1) is 4.52. The highest BCUT2D eigenvalue weighted by Gasteiger charge is 2.12. The maximum atomic E-state index is 3.77. The highest BCUT2D eigenvalue weighted by Crippen LogP contribution is 2.25. The van der Waals surface area contributed by atoms with Gasteiger partial charge >= 0.3 is 0 Å². The van der Waals surface area contributed by atoms with Crippen LogP contribution in [0.15, 0.2) is 24.3 Å². The Morgan fingerprint density at radius 1 is 1.50 bits per heavy atom. The molecule has 0 heteroatoms. The van der Waals surface area contributed by atoms with Crippen LogP contribution in [-0.4, -0.2) is 0 Å². The van der Waals surface area contributed by atoms with Crippen molar-refractivity contribution in [2.45, 2.75) is 27.2 Å². The monoisotopic (exact) mass is 137 g/mol. The van der Waals surface area contributed by atoms with Crippen molar-refractivity contribution in [1.82, 2.24) is 0 Å². The lowest BCUT2D eigenvalue weighted by atomic mass is 9.86. The van der Waals surface area contributed by atoms with Gasteiger partial charge in [-0.05, 0) is 25.7 Å².